The fourth-order valence-electron chi connectivity index (χ4n) is 4.97. The maximum Gasteiger partial charge on any atom is 0.259 e. The number of nitriles is 1. The lowest BCUT2D eigenvalue weighted by Crippen LogP contribution is -2.28. The molecule has 4 N–H and O–H groups in total. The standard InChI is InChI=1S/C34H36N10O/c1-21-11-13-26(23(3)17-21)19-36-31-39-32(37-20-27-14-12-22(2)18-24(27)4)41-33(40-31)42-43-34-38-29(25-9-7-6-8-10-25)28(15-16-35)30(45)44(34)5/h6-14,17-18H,15,19-20H2,1-5H3,(H,38,43)(H3,36,37,39,40,41,42). The zero-order chi connectivity index (χ0) is 31.9. The second kappa shape index (κ2) is 13.7. The molecule has 0 bridgehead atoms. The molecule has 0 amide bonds. The molecule has 0 spiro atoms. The van der Waals surface area contributed by atoms with Crippen molar-refractivity contribution in [3.63, 3.8) is 0 Å². The molecule has 0 aliphatic rings. The summed E-state index contributed by atoms with van der Waals surface area (Å²) in [6.45, 7) is 9.34. The van der Waals surface area contributed by atoms with Gasteiger partial charge >= 0.3 is 0 Å². The Balaban J connectivity index is 1.43. The molecule has 228 valence electrons. The van der Waals surface area contributed by atoms with Crippen LogP contribution in [-0.4, -0.2) is 24.5 Å². The first-order valence-corrected chi connectivity index (χ1v) is 14.6. The molecular weight excluding hydrogens is 564 g/mol. The van der Waals surface area contributed by atoms with Gasteiger partial charge in [-0.3, -0.25) is 20.2 Å². The summed E-state index contributed by atoms with van der Waals surface area (Å²) in [4.78, 5) is 31.7. The molecule has 2 aromatic heterocycles. The van der Waals surface area contributed by atoms with Crippen LogP contribution >= 0.6 is 0 Å². The lowest BCUT2D eigenvalue weighted by Gasteiger charge is -2.16. The van der Waals surface area contributed by atoms with Crippen LogP contribution in [0.4, 0.5) is 23.8 Å². The lowest BCUT2D eigenvalue weighted by atomic mass is 10.1. The van der Waals surface area contributed by atoms with Gasteiger partial charge in [-0.05, 0) is 49.9 Å². The number of nitrogens with one attached hydrogen (secondary N) is 4. The second-order valence-electron chi connectivity index (χ2n) is 11.0. The van der Waals surface area contributed by atoms with Crippen molar-refractivity contribution in [2.75, 3.05) is 21.5 Å². The molecule has 0 unspecified atom stereocenters. The van der Waals surface area contributed by atoms with Crippen molar-refractivity contribution in [3.8, 4) is 17.3 Å². The summed E-state index contributed by atoms with van der Waals surface area (Å²) >= 11 is 0. The van der Waals surface area contributed by atoms with E-state index in [-0.39, 0.29) is 23.9 Å². The van der Waals surface area contributed by atoms with E-state index in [1.807, 2.05) is 30.3 Å². The lowest BCUT2D eigenvalue weighted by molar-refractivity contribution is 0.816. The topological polar surface area (TPSA) is 145 Å². The van der Waals surface area contributed by atoms with Gasteiger partial charge in [-0.25, -0.2) is 4.98 Å². The van der Waals surface area contributed by atoms with E-state index < -0.39 is 0 Å². The minimum atomic E-state index is -0.322. The Labute approximate surface area is 262 Å². The maximum absolute atomic E-state index is 13.3. The molecule has 0 radical (unpaired) electrons. The van der Waals surface area contributed by atoms with E-state index in [1.165, 1.54) is 26.8 Å². The predicted molar refractivity (Wildman–Crippen MR) is 178 cm³/mol. The minimum absolute atomic E-state index is 0.0595. The summed E-state index contributed by atoms with van der Waals surface area (Å²) in [5.41, 5.74) is 14.2. The highest BCUT2D eigenvalue weighted by molar-refractivity contribution is 5.65. The molecular formula is C34H36N10O. The van der Waals surface area contributed by atoms with Gasteiger partial charge in [0.05, 0.1) is 23.7 Å². The molecule has 0 saturated carbocycles. The summed E-state index contributed by atoms with van der Waals surface area (Å²) in [6, 6.07) is 24.0. The van der Waals surface area contributed by atoms with Crippen molar-refractivity contribution in [3.05, 3.63) is 116 Å². The SMILES string of the molecule is Cc1ccc(CNc2nc(NCc3ccc(C)cc3C)nc(NNc3nc(-c4ccccc4)c(CC#N)c(=O)n3C)n2)c(C)c1. The van der Waals surface area contributed by atoms with Gasteiger partial charge in [-0.2, -0.15) is 20.2 Å². The van der Waals surface area contributed by atoms with Crippen molar-refractivity contribution < 1.29 is 0 Å². The van der Waals surface area contributed by atoms with Gasteiger partial charge in [0, 0.05) is 25.7 Å². The van der Waals surface area contributed by atoms with Crippen LogP contribution in [0, 0.1) is 39.0 Å². The Kier molecular flexibility index (Phi) is 9.34. The highest BCUT2D eigenvalue weighted by atomic mass is 16.1. The molecule has 5 rings (SSSR count). The minimum Gasteiger partial charge on any atom is -0.350 e. The summed E-state index contributed by atoms with van der Waals surface area (Å²) in [5.74, 6) is 1.19. The first-order chi connectivity index (χ1) is 21.7. The van der Waals surface area contributed by atoms with E-state index >= 15 is 0 Å². The Bertz CT molecular complexity index is 1860. The maximum atomic E-state index is 13.3. The molecule has 0 aliphatic carbocycles. The number of hydrazine groups is 1. The molecule has 5 aromatic rings. The summed E-state index contributed by atoms with van der Waals surface area (Å²) < 4.78 is 1.35. The van der Waals surface area contributed by atoms with Crippen LogP contribution in [0.3, 0.4) is 0 Å². The molecule has 3 aromatic carbocycles. The first kappa shape index (κ1) is 30.7. The molecule has 45 heavy (non-hydrogen) atoms. The number of hydrogen-bond donors (Lipinski definition) is 4. The average molecular weight is 601 g/mol. The molecule has 0 saturated heterocycles. The largest absolute Gasteiger partial charge is 0.350 e. The summed E-state index contributed by atoms with van der Waals surface area (Å²) in [7, 11) is 1.59. The van der Waals surface area contributed by atoms with Crippen molar-refractivity contribution in [1.82, 2.24) is 24.5 Å². The van der Waals surface area contributed by atoms with E-state index in [1.54, 1.807) is 7.05 Å². The smallest absolute Gasteiger partial charge is 0.259 e. The Morgan fingerprint density at radius 2 is 1.29 bits per heavy atom. The van der Waals surface area contributed by atoms with Gasteiger partial charge in [-0.1, -0.05) is 77.9 Å². The normalized spacial score (nSPS) is 10.7. The second-order valence-corrected chi connectivity index (χ2v) is 11.0. The van der Waals surface area contributed by atoms with Crippen LogP contribution in [-0.2, 0) is 26.6 Å². The third kappa shape index (κ3) is 7.43. The molecule has 11 nitrogen and oxygen atoms in total. The van der Waals surface area contributed by atoms with Gasteiger partial charge in [0.15, 0.2) is 0 Å². The Hall–Kier alpha value is -5.76. The van der Waals surface area contributed by atoms with Crippen LogP contribution in [0.1, 0.15) is 38.9 Å². The monoisotopic (exact) mass is 600 g/mol. The molecule has 0 atom stereocenters. The molecule has 0 fully saturated rings. The molecule has 11 heteroatoms. The Morgan fingerprint density at radius 3 is 1.82 bits per heavy atom. The predicted octanol–water partition coefficient (Wildman–Crippen LogP) is 5.60. The number of anilines is 4. The number of rotatable bonds is 11. The number of hydrogen-bond acceptors (Lipinski definition) is 10. The van der Waals surface area contributed by atoms with Gasteiger partial charge in [-0.15, -0.1) is 0 Å². The van der Waals surface area contributed by atoms with E-state index in [4.69, 9.17) is 4.98 Å². The molecule has 2 heterocycles. The third-order valence-electron chi connectivity index (χ3n) is 7.48. The average Bonchev–Trinajstić information content (AvgIpc) is 3.02. The highest BCUT2D eigenvalue weighted by Crippen LogP contribution is 2.22. The third-order valence-corrected chi connectivity index (χ3v) is 7.48. The van der Waals surface area contributed by atoms with Crippen molar-refractivity contribution >= 4 is 23.8 Å². The number of nitrogens with zero attached hydrogens (tertiary/aromatic N) is 6. The van der Waals surface area contributed by atoms with Crippen molar-refractivity contribution in [2.24, 2.45) is 7.05 Å². The fraction of sp³-hybridized carbons (Fsp3) is 0.235. The Morgan fingerprint density at radius 1 is 0.733 bits per heavy atom. The van der Waals surface area contributed by atoms with Crippen molar-refractivity contribution in [1.29, 1.82) is 5.26 Å². The van der Waals surface area contributed by atoms with Crippen LogP contribution in [0.15, 0.2) is 71.5 Å². The molecule has 0 aliphatic heterocycles. The summed E-state index contributed by atoms with van der Waals surface area (Å²) in [5, 5.41) is 16.0. The number of aryl methyl sites for hydroxylation is 4. The van der Waals surface area contributed by atoms with E-state index in [0.29, 0.717) is 36.2 Å². The van der Waals surface area contributed by atoms with Gasteiger partial charge < -0.3 is 10.6 Å². The van der Waals surface area contributed by atoms with Crippen LogP contribution in [0.2, 0.25) is 0 Å². The van der Waals surface area contributed by atoms with Crippen LogP contribution < -0.4 is 27.0 Å². The van der Waals surface area contributed by atoms with E-state index in [2.05, 4.69) is 107 Å². The highest BCUT2D eigenvalue weighted by Gasteiger charge is 2.17. The van der Waals surface area contributed by atoms with Crippen LogP contribution in [0.5, 0.6) is 0 Å². The number of benzene rings is 3. The zero-order valence-corrected chi connectivity index (χ0v) is 26.1. The first-order valence-electron chi connectivity index (χ1n) is 14.6. The van der Waals surface area contributed by atoms with Crippen molar-refractivity contribution in [2.45, 2.75) is 47.2 Å². The van der Waals surface area contributed by atoms with Gasteiger partial charge in [0.1, 0.15) is 0 Å². The summed E-state index contributed by atoms with van der Waals surface area (Å²) in [6.07, 6.45) is -0.0595. The quantitative estimate of drug-likeness (QED) is 0.141. The van der Waals surface area contributed by atoms with E-state index in [9.17, 15) is 10.1 Å². The fourth-order valence-corrected chi connectivity index (χ4v) is 4.97. The van der Waals surface area contributed by atoms with Gasteiger partial charge in [0.25, 0.3) is 5.56 Å². The zero-order valence-electron chi connectivity index (χ0n) is 26.1. The van der Waals surface area contributed by atoms with Gasteiger partial charge in [0.2, 0.25) is 23.8 Å². The van der Waals surface area contributed by atoms with Crippen LogP contribution in [0.25, 0.3) is 11.3 Å². The number of aromatic nitrogens is 5. The van der Waals surface area contributed by atoms with E-state index in [0.717, 1.165) is 16.7 Å².